The first-order valence-electron chi connectivity index (χ1n) is 9.58. The van der Waals surface area contributed by atoms with Gasteiger partial charge in [0, 0.05) is 19.8 Å². The monoisotopic (exact) mass is 439 g/mol. The zero-order chi connectivity index (χ0) is 23.9. The molecular formula is C21H29NO9. The Balaban J connectivity index is 3.20. The molecule has 3 N–H and O–H groups in total. The zero-order valence-corrected chi connectivity index (χ0v) is 18.5. The van der Waals surface area contributed by atoms with Crippen LogP contribution in [0, 0.1) is 0 Å². The molecule has 10 nitrogen and oxygen atoms in total. The van der Waals surface area contributed by atoms with E-state index in [1.807, 2.05) is 0 Å². The molecule has 0 amide bonds. The number of carbonyl (C=O) groups excluding carboxylic acids is 3. The van der Waals surface area contributed by atoms with Gasteiger partial charge in [-0.05, 0) is 51.8 Å². The van der Waals surface area contributed by atoms with E-state index in [2.05, 4.69) is 0 Å². The number of ether oxygens (including phenoxy) is 4. The fourth-order valence-electron chi connectivity index (χ4n) is 2.74. The average Bonchev–Trinajstić information content (AvgIpc) is 2.57. The highest BCUT2D eigenvalue weighted by molar-refractivity contribution is 5.76. The van der Waals surface area contributed by atoms with Crippen LogP contribution < -0.4 is 15.2 Å². The highest BCUT2D eigenvalue weighted by Gasteiger charge is 2.30. The molecule has 0 radical (unpaired) electrons. The minimum atomic E-state index is -1.35. The molecule has 31 heavy (non-hydrogen) atoms. The van der Waals surface area contributed by atoms with E-state index in [1.54, 1.807) is 27.7 Å². The summed E-state index contributed by atoms with van der Waals surface area (Å²) in [6, 6.07) is 2.89. The molecule has 1 aromatic rings. The van der Waals surface area contributed by atoms with Crippen molar-refractivity contribution in [2.45, 2.75) is 71.6 Å². The molecule has 0 aliphatic heterocycles. The van der Waals surface area contributed by atoms with Gasteiger partial charge in [-0.1, -0.05) is 6.07 Å². The molecule has 0 fully saturated rings. The molecule has 0 saturated heterocycles. The van der Waals surface area contributed by atoms with Crippen molar-refractivity contribution in [2.75, 3.05) is 0 Å². The van der Waals surface area contributed by atoms with Gasteiger partial charge in [0.25, 0.3) is 0 Å². The second-order valence-corrected chi connectivity index (χ2v) is 7.99. The summed E-state index contributed by atoms with van der Waals surface area (Å²) in [6.07, 6.45) is -1.59. The molecule has 0 aliphatic rings. The number of benzene rings is 1. The largest absolute Gasteiger partial charge is 0.509 e. The lowest BCUT2D eigenvalue weighted by Gasteiger charge is -2.26. The van der Waals surface area contributed by atoms with Crippen molar-refractivity contribution in [3.05, 3.63) is 23.8 Å². The quantitative estimate of drug-likeness (QED) is 0.457. The molecule has 0 heterocycles. The van der Waals surface area contributed by atoms with E-state index in [-0.39, 0.29) is 17.9 Å². The van der Waals surface area contributed by atoms with Gasteiger partial charge in [-0.2, -0.15) is 0 Å². The van der Waals surface area contributed by atoms with Gasteiger partial charge in [-0.15, -0.1) is 0 Å². The lowest BCUT2D eigenvalue weighted by molar-refractivity contribution is -0.139. The third-order valence-electron chi connectivity index (χ3n) is 3.89. The van der Waals surface area contributed by atoms with Gasteiger partial charge in [0.1, 0.15) is 17.7 Å². The molecule has 1 aromatic carbocycles. The summed E-state index contributed by atoms with van der Waals surface area (Å²) in [7, 11) is 0. The molecule has 1 rings (SSSR count). The maximum atomic E-state index is 11.9. The van der Waals surface area contributed by atoms with Crippen molar-refractivity contribution in [1.82, 2.24) is 0 Å². The summed E-state index contributed by atoms with van der Waals surface area (Å²) in [5.41, 5.74) is 5.52. The third-order valence-corrected chi connectivity index (χ3v) is 3.89. The topological polar surface area (TPSA) is 151 Å². The molecular weight excluding hydrogens is 410 g/mol. The van der Waals surface area contributed by atoms with Crippen LogP contribution in [0.25, 0.3) is 0 Å². The molecule has 0 aliphatic carbocycles. The van der Waals surface area contributed by atoms with Crippen molar-refractivity contribution < 1.29 is 43.2 Å². The number of carboxylic acid groups (broad SMARTS) is 1. The van der Waals surface area contributed by atoms with Gasteiger partial charge >= 0.3 is 24.1 Å². The maximum Gasteiger partial charge on any atom is 0.509 e. The van der Waals surface area contributed by atoms with E-state index >= 15 is 0 Å². The number of hydrogen-bond acceptors (Lipinski definition) is 9. The summed E-state index contributed by atoms with van der Waals surface area (Å²) in [5, 5.41) is 9.44. The highest BCUT2D eigenvalue weighted by Crippen LogP contribution is 2.34. The molecule has 2 unspecified atom stereocenters. The van der Waals surface area contributed by atoms with Crippen LogP contribution in [-0.2, 0) is 23.9 Å². The van der Waals surface area contributed by atoms with Gasteiger partial charge in [-0.25, -0.2) is 4.79 Å². The van der Waals surface area contributed by atoms with Crippen LogP contribution in [-0.4, -0.2) is 46.9 Å². The van der Waals surface area contributed by atoms with E-state index in [9.17, 15) is 24.3 Å². The Morgan fingerprint density at radius 3 is 2.06 bits per heavy atom. The number of carboxylic acids is 1. The SMILES string of the molecule is CC(=O)Oc1ccc(C(CC(C)OC(=O)OC(C)(C)C)[C@H](N)C(=O)O)cc1OC(C)=O. The first kappa shape index (κ1) is 25.9. The minimum Gasteiger partial charge on any atom is -0.480 e. The third kappa shape index (κ3) is 9.04. The van der Waals surface area contributed by atoms with Gasteiger partial charge < -0.3 is 29.8 Å². The summed E-state index contributed by atoms with van der Waals surface area (Å²) in [4.78, 5) is 46.2. The average molecular weight is 439 g/mol. The van der Waals surface area contributed by atoms with Crippen LogP contribution in [0.3, 0.4) is 0 Å². The van der Waals surface area contributed by atoms with Gasteiger partial charge in [0.05, 0.1) is 0 Å². The standard InChI is InChI=1S/C21H29NO9/c1-11(28-20(27)31-21(4,5)6)9-15(18(22)19(25)26)14-7-8-16(29-12(2)23)17(10-14)30-13(3)24/h7-8,10-11,15,18H,9,22H2,1-6H3,(H,25,26)/t11?,15?,18-/m0/s1. The highest BCUT2D eigenvalue weighted by atomic mass is 16.7. The summed E-state index contributed by atoms with van der Waals surface area (Å²) >= 11 is 0. The molecule has 0 aromatic heterocycles. The second kappa shape index (κ2) is 10.8. The molecule has 0 bridgehead atoms. The number of esters is 2. The van der Waals surface area contributed by atoms with Crippen molar-refractivity contribution in [2.24, 2.45) is 5.73 Å². The Hall–Kier alpha value is -3.14. The number of carbonyl (C=O) groups is 4. The summed E-state index contributed by atoms with van der Waals surface area (Å²) in [6.45, 7) is 8.98. The van der Waals surface area contributed by atoms with E-state index in [1.165, 1.54) is 32.0 Å². The smallest absolute Gasteiger partial charge is 0.480 e. The van der Waals surface area contributed by atoms with E-state index in [4.69, 9.17) is 24.7 Å². The minimum absolute atomic E-state index is 0.00727. The van der Waals surface area contributed by atoms with Gasteiger partial charge in [0.2, 0.25) is 0 Å². The van der Waals surface area contributed by atoms with Crippen LogP contribution in [0.1, 0.15) is 59.4 Å². The van der Waals surface area contributed by atoms with Crippen LogP contribution in [0.5, 0.6) is 11.5 Å². The molecule has 0 spiro atoms. The number of nitrogens with two attached hydrogens (primary N) is 1. The maximum absolute atomic E-state index is 11.9. The number of hydrogen-bond donors (Lipinski definition) is 2. The molecule has 0 saturated carbocycles. The van der Waals surface area contributed by atoms with Crippen molar-refractivity contribution in [3.63, 3.8) is 0 Å². The van der Waals surface area contributed by atoms with Crippen molar-refractivity contribution in [1.29, 1.82) is 0 Å². The van der Waals surface area contributed by atoms with Gasteiger partial charge in [-0.3, -0.25) is 14.4 Å². The Morgan fingerprint density at radius 1 is 1.03 bits per heavy atom. The Morgan fingerprint density at radius 2 is 1.58 bits per heavy atom. The van der Waals surface area contributed by atoms with Crippen LogP contribution >= 0.6 is 0 Å². The number of aliphatic carboxylic acids is 1. The van der Waals surface area contributed by atoms with E-state index < -0.39 is 47.7 Å². The second-order valence-electron chi connectivity index (χ2n) is 7.99. The summed E-state index contributed by atoms with van der Waals surface area (Å²) in [5.74, 6) is -3.45. The fourth-order valence-corrected chi connectivity index (χ4v) is 2.74. The van der Waals surface area contributed by atoms with Crippen LogP contribution in [0.2, 0.25) is 0 Å². The Bertz CT molecular complexity index is 829. The number of rotatable bonds is 8. The molecule has 10 heteroatoms. The first-order chi connectivity index (χ1) is 14.2. The fraction of sp³-hybridized carbons (Fsp3) is 0.524. The zero-order valence-electron chi connectivity index (χ0n) is 18.5. The summed E-state index contributed by atoms with van der Waals surface area (Å²) < 4.78 is 20.4. The van der Waals surface area contributed by atoms with E-state index in [0.29, 0.717) is 5.56 Å². The van der Waals surface area contributed by atoms with Crippen LogP contribution in [0.15, 0.2) is 18.2 Å². The normalized spacial score (nSPS) is 14.0. The van der Waals surface area contributed by atoms with Gasteiger partial charge in [0.15, 0.2) is 11.5 Å². The van der Waals surface area contributed by atoms with Crippen molar-refractivity contribution in [3.8, 4) is 11.5 Å². The van der Waals surface area contributed by atoms with Crippen LogP contribution in [0.4, 0.5) is 4.79 Å². The Kier molecular flexibility index (Phi) is 8.99. The van der Waals surface area contributed by atoms with E-state index in [0.717, 1.165) is 0 Å². The molecule has 3 atom stereocenters. The lowest BCUT2D eigenvalue weighted by Crippen LogP contribution is -2.38. The Labute approximate surface area is 180 Å². The predicted molar refractivity (Wildman–Crippen MR) is 109 cm³/mol. The lowest BCUT2D eigenvalue weighted by atomic mass is 9.87. The predicted octanol–water partition coefficient (Wildman–Crippen LogP) is 2.76. The first-order valence-corrected chi connectivity index (χ1v) is 9.58. The van der Waals surface area contributed by atoms with Crippen molar-refractivity contribution >= 4 is 24.1 Å². The molecule has 172 valence electrons.